The zero-order chi connectivity index (χ0) is 26.7. The van der Waals surface area contributed by atoms with E-state index in [-0.39, 0.29) is 24.5 Å². The Morgan fingerprint density at radius 1 is 0.514 bits per heavy atom. The number of rotatable bonds is 28. The van der Waals surface area contributed by atoms with Gasteiger partial charge in [-0.1, -0.05) is 142 Å². The molecule has 4 N–H and O–H groups in total. The SMILES string of the molecule is CCCCCCCCCCCCCC[N+](C)(CCCCCCCCCCCCCC)C(C)N=C(N)N.[Cl-]. The Kier molecular flexibility index (Phi) is 29.8. The number of guanidine groups is 1. The lowest BCUT2D eigenvalue weighted by Crippen LogP contribution is -3.00. The van der Waals surface area contributed by atoms with E-state index in [1.807, 2.05) is 0 Å². The minimum absolute atomic E-state index is 0. The maximum Gasteiger partial charge on any atom is 0.191 e. The van der Waals surface area contributed by atoms with Crippen LogP contribution in [0.3, 0.4) is 0 Å². The van der Waals surface area contributed by atoms with Crippen LogP contribution in [0.5, 0.6) is 0 Å². The van der Waals surface area contributed by atoms with Crippen molar-refractivity contribution in [2.24, 2.45) is 16.5 Å². The summed E-state index contributed by atoms with van der Waals surface area (Å²) in [6.07, 6.45) is 33.7. The van der Waals surface area contributed by atoms with Gasteiger partial charge < -0.3 is 28.4 Å². The molecule has 1 unspecified atom stereocenters. The molecule has 0 fully saturated rings. The van der Waals surface area contributed by atoms with Crippen molar-refractivity contribution in [1.29, 1.82) is 0 Å². The van der Waals surface area contributed by atoms with Crippen LogP contribution in [0.2, 0.25) is 0 Å². The third kappa shape index (κ3) is 25.6. The third-order valence-electron chi connectivity index (χ3n) is 8.28. The van der Waals surface area contributed by atoms with E-state index in [9.17, 15) is 0 Å². The average Bonchev–Trinajstić information content (AvgIpc) is 2.85. The van der Waals surface area contributed by atoms with Crippen LogP contribution in [0.15, 0.2) is 4.99 Å². The van der Waals surface area contributed by atoms with E-state index >= 15 is 0 Å². The van der Waals surface area contributed by atoms with Crippen molar-refractivity contribution < 1.29 is 16.9 Å². The minimum Gasteiger partial charge on any atom is -1.00 e. The van der Waals surface area contributed by atoms with Gasteiger partial charge in [0.15, 0.2) is 12.1 Å². The Balaban J connectivity index is 0. The topological polar surface area (TPSA) is 64.4 Å². The minimum atomic E-state index is 0. The fourth-order valence-corrected chi connectivity index (χ4v) is 5.47. The van der Waals surface area contributed by atoms with Crippen molar-refractivity contribution in [3.8, 4) is 0 Å². The van der Waals surface area contributed by atoms with Crippen molar-refractivity contribution in [3.63, 3.8) is 0 Å². The molecule has 0 radical (unpaired) electrons. The Morgan fingerprint density at radius 3 is 1.00 bits per heavy atom. The molecule has 37 heavy (non-hydrogen) atoms. The Hall–Kier alpha value is -0.480. The highest BCUT2D eigenvalue weighted by Crippen LogP contribution is 2.19. The molecule has 0 aromatic heterocycles. The molecule has 0 aliphatic carbocycles. The van der Waals surface area contributed by atoms with Crippen molar-refractivity contribution in [2.75, 3.05) is 20.1 Å². The summed E-state index contributed by atoms with van der Waals surface area (Å²) in [6, 6.07) is 0. The second-order valence-electron chi connectivity index (χ2n) is 11.9. The third-order valence-corrected chi connectivity index (χ3v) is 8.28. The summed E-state index contributed by atoms with van der Waals surface area (Å²) in [5.41, 5.74) is 11.5. The summed E-state index contributed by atoms with van der Waals surface area (Å²) in [5, 5.41) is 0. The van der Waals surface area contributed by atoms with Gasteiger partial charge in [-0.25, -0.2) is 0 Å². The highest BCUT2D eigenvalue weighted by Gasteiger charge is 2.28. The van der Waals surface area contributed by atoms with E-state index in [1.165, 1.54) is 167 Å². The van der Waals surface area contributed by atoms with E-state index in [4.69, 9.17) is 11.5 Å². The molecule has 0 amide bonds. The van der Waals surface area contributed by atoms with Crippen LogP contribution in [0.1, 0.15) is 175 Å². The van der Waals surface area contributed by atoms with Crippen molar-refractivity contribution in [1.82, 2.24) is 0 Å². The lowest BCUT2D eigenvalue weighted by atomic mass is 10.0. The van der Waals surface area contributed by atoms with Crippen LogP contribution >= 0.6 is 0 Å². The van der Waals surface area contributed by atoms with E-state index in [1.54, 1.807) is 0 Å². The van der Waals surface area contributed by atoms with Gasteiger partial charge in [0.2, 0.25) is 0 Å². The molecule has 0 bridgehead atoms. The molecule has 0 aromatic carbocycles. The fraction of sp³-hybridized carbons (Fsp3) is 0.969. The molecular formula is C32H69ClN4. The number of halogens is 1. The molecule has 4 nitrogen and oxygen atoms in total. The normalized spacial score (nSPS) is 12.3. The zero-order valence-corrected chi connectivity index (χ0v) is 26.6. The number of hydrogen-bond acceptors (Lipinski definition) is 1. The van der Waals surface area contributed by atoms with E-state index < -0.39 is 0 Å². The monoisotopic (exact) mass is 545 g/mol. The smallest absolute Gasteiger partial charge is 0.191 e. The molecule has 0 saturated heterocycles. The van der Waals surface area contributed by atoms with Crippen LogP contribution in [-0.2, 0) is 0 Å². The molecule has 0 rings (SSSR count). The largest absolute Gasteiger partial charge is 1.00 e. The molecule has 0 saturated carbocycles. The molecule has 1 atom stereocenters. The van der Waals surface area contributed by atoms with Gasteiger partial charge in [-0.3, -0.25) is 0 Å². The molecule has 5 heteroatoms. The number of nitrogens with two attached hydrogens (primary N) is 2. The van der Waals surface area contributed by atoms with Crippen LogP contribution < -0.4 is 23.9 Å². The standard InChI is InChI=1S/C32H69N4.ClH/c1-5-7-9-11-13-15-17-19-21-23-25-27-29-36(4,31(3)35-32(33)34)30-28-26-24-22-20-18-16-14-12-10-8-6-2;/h31H,5-30H2,1-4H3,(H4,33,34,35);1H/q+1;/p-1. The van der Waals surface area contributed by atoms with Gasteiger partial charge in [0.05, 0.1) is 20.1 Å². The lowest BCUT2D eigenvalue weighted by Gasteiger charge is -2.38. The summed E-state index contributed by atoms with van der Waals surface area (Å²) in [4.78, 5) is 4.54. The highest BCUT2D eigenvalue weighted by molar-refractivity contribution is 5.75. The first kappa shape index (κ1) is 38.7. The Labute approximate surface area is 240 Å². The number of aliphatic imine (C=N–C) groups is 1. The van der Waals surface area contributed by atoms with Gasteiger partial charge in [0.25, 0.3) is 0 Å². The van der Waals surface area contributed by atoms with Gasteiger partial charge in [-0.2, -0.15) is 4.99 Å². The molecule has 0 aliphatic rings. The Morgan fingerprint density at radius 2 is 0.757 bits per heavy atom. The van der Waals surface area contributed by atoms with Crippen molar-refractivity contribution in [2.45, 2.75) is 181 Å². The second-order valence-corrected chi connectivity index (χ2v) is 11.9. The summed E-state index contributed by atoms with van der Waals surface area (Å²) >= 11 is 0. The summed E-state index contributed by atoms with van der Waals surface area (Å²) in [5.74, 6) is 0.233. The molecule has 0 aliphatic heterocycles. The Bertz CT molecular complexity index is 451. The average molecular weight is 545 g/mol. The first-order chi connectivity index (χ1) is 17.5. The van der Waals surface area contributed by atoms with Crippen LogP contribution in [0, 0.1) is 0 Å². The molecule has 0 spiro atoms. The summed E-state index contributed by atoms with van der Waals surface area (Å²) < 4.78 is 0.980. The van der Waals surface area contributed by atoms with Gasteiger partial charge in [-0.15, -0.1) is 0 Å². The van der Waals surface area contributed by atoms with E-state index in [0.29, 0.717) is 0 Å². The maximum absolute atomic E-state index is 5.74. The van der Waals surface area contributed by atoms with Gasteiger partial charge >= 0.3 is 0 Å². The predicted molar refractivity (Wildman–Crippen MR) is 163 cm³/mol. The predicted octanol–water partition coefficient (Wildman–Crippen LogP) is 6.46. The number of nitrogens with zero attached hydrogens (tertiary/aromatic N) is 2. The van der Waals surface area contributed by atoms with Crippen molar-refractivity contribution in [3.05, 3.63) is 0 Å². The second kappa shape index (κ2) is 28.5. The summed E-state index contributed by atoms with van der Waals surface area (Å²) in [6.45, 7) is 9.16. The maximum atomic E-state index is 5.74. The molecular weight excluding hydrogens is 476 g/mol. The van der Waals surface area contributed by atoms with E-state index in [2.05, 4.69) is 32.8 Å². The van der Waals surface area contributed by atoms with Gasteiger partial charge in [-0.05, 0) is 25.7 Å². The summed E-state index contributed by atoms with van der Waals surface area (Å²) in [7, 11) is 2.37. The lowest BCUT2D eigenvalue weighted by molar-refractivity contribution is -0.931. The van der Waals surface area contributed by atoms with Gasteiger partial charge in [0.1, 0.15) is 0 Å². The fourth-order valence-electron chi connectivity index (χ4n) is 5.47. The zero-order valence-electron chi connectivity index (χ0n) is 25.9. The quantitative estimate of drug-likeness (QED) is 0.0513. The van der Waals surface area contributed by atoms with Crippen LogP contribution in [-0.4, -0.2) is 36.7 Å². The van der Waals surface area contributed by atoms with E-state index in [0.717, 1.165) is 4.48 Å². The van der Waals surface area contributed by atoms with Crippen LogP contribution in [0.4, 0.5) is 0 Å². The van der Waals surface area contributed by atoms with Gasteiger partial charge in [0, 0.05) is 6.92 Å². The van der Waals surface area contributed by atoms with Crippen molar-refractivity contribution >= 4 is 5.96 Å². The van der Waals surface area contributed by atoms with Crippen LogP contribution in [0.25, 0.3) is 0 Å². The number of hydrogen-bond donors (Lipinski definition) is 2. The molecule has 0 heterocycles. The first-order valence-corrected chi connectivity index (χ1v) is 16.4. The first-order valence-electron chi connectivity index (χ1n) is 16.4. The molecule has 224 valence electrons. The number of quaternary nitrogens is 1. The highest BCUT2D eigenvalue weighted by atomic mass is 35.5. The molecule has 0 aromatic rings. The number of unbranched alkanes of at least 4 members (excludes halogenated alkanes) is 22.